The number of rotatable bonds is 7. The number of hydrogen-bond acceptors (Lipinski definition) is 6. The third kappa shape index (κ3) is 3.43. The molecule has 108 valence electrons. The fourth-order valence-corrected chi connectivity index (χ4v) is 2.83. The maximum atomic E-state index is 11.1. The highest BCUT2D eigenvalue weighted by molar-refractivity contribution is 7.18. The topological polar surface area (TPSA) is 80.1 Å². The lowest BCUT2D eigenvalue weighted by molar-refractivity contribution is -0.383. The maximum Gasteiger partial charge on any atom is 0.293 e. The summed E-state index contributed by atoms with van der Waals surface area (Å²) < 4.78 is 0.854. The molecule has 1 aromatic heterocycles. The molecule has 0 bridgehead atoms. The SMILES string of the molecule is CCNCCCNc1cc2nc(C)sc2cc1[N+](=O)[O-]. The Labute approximate surface area is 121 Å². The summed E-state index contributed by atoms with van der Waals surface area (Å²) >= 11 is 1.47. The second-order valence-electron chi connectivity index (χ2n) is 4.46. The van der Waals surface area contributed by atoms with Crippen LogP contribution in [0.1, 0.15) is 18.4 Å². The van der Waals surface area contributed by atoms with E-state index in [1.165, 1.54) is 11.3 Å². The highest BCUT2D eigenvalue weighted by Gasteiger charge is 2.16. The van der Waals surface area contributed by atoms with E-state index in [9.17, 15) is 10.1 Å². The van der Waals surface area contributed by atoms with Crippen molar-refractivity contribution in [1.29, 1.82) is 0 Å². The predicted molar refractivity (Wildman–Crippen MR) is 82.7 cm³/mol. The Balaban J connectivity index is 2.16. The van der Waals surface area contributed by atoms with Crippen molar-refractivity contribution in [3.8, 4) is 0 Å². The smallest absolute Gasteiger partial charge is 0.293 e. The molecule has 2 aromatic rings. The lowest BCUT2D eigenvalue weighted by Gasteiger charge is -2.07. The molecule has 0 amide bonds. The average molecular weight is 294 g/mol. The lowest BCUT2D eigenvalue weighted by Crippen LogP contribution is -2.17. The highest BCUT2D eigenvalue weighted by Crippen LogP contribution is 2.32. The van der Waals surface area contributed by atoms with Crippen LogP contribution in [0.15, 0.2) is 12.1 Å². The van der Waals surface area contributed by atoms with Gasteiger partial charge in [0.15, 0.2) is 0 Å². The van der Waals surface area contributed by atoms with Crippen LogP contribution in [0.2, 0.25) is 0 Å². The molecule has 1 heterocycles. The first kappa shape index (κ1) is 14.7. The monoisotopic (exact) mass is 294 g/mol. The lowest BCUT2D eigenvalue weighted by atomic mass is 10.2. The molecule has 0 atom stereocenters. The predicted octanol–water partition coefficient (Wildman–Crippen LogP) is 2.92. The van der Waals surface area contributed by atoms with Gasteiger partial charge in [0.1, 0.15) is 5.69 Å². The van der Waals surface area contributed by atoms with Crippen LogP contribution in [0.3, 0.4) is 0 Å². The third-order valence-electron chi connectivity index (χ3n) is 2.91. The molecule has 0 aliphatic heterocycles. The summed E-state index contributed by atoms with van der Waals surface area (Å²) in [7, 11) is 0. The standard InChI is InChI=1S/C13H18N4O2S/c1-3-14-5-4-6-15-10-7-11-13(20-9(2)16-11)8-12(10)17(18)19/h7-8,14-15H,3-6H2,1-2H3. The first-order chi connectivity index (χ1) is 9.61. The number of benzene rings is 1. The number of aryl methyl sites for hydroxylation is 1. The Morgan fingerprint density at radius 3 is 2.90 bits per heavy atom. The van der Waals surface area contributed by atoms with E-state index in [1.54, 1.807) is 12.1 Å². The molecule has 0 aliphatic rings. The van der Waals surface area contributed by atoms with Crippen LogP contribution in [0.25, 0.3) is 10.2 Å². The zero-order valence-electron chi connectivity index (χ0n) is 11.6. The molecule has 0 saturated carbocycles. The summed E-state index contributed by atoms with van der Waals surface area (Å²) in [6, 6.07) is 3.37. The Morgan fingerprint density at radius 2 is 2.20 bits per heavy atom. The van der Waals surface area contributed by atoms with Crippen LogP contribution in [-0.4, -0.2) is 29.5 Å². The van der Waals surface area contributed by atoms with Gasteiger partial charge in [0.05, 0.1) is 20.1 Å². The highest BCUT2D eigenvalue weighted by atomic mass is 32.1. The Kier molecular flexibility index (Phi) is 4.86. The summed E-state index contributed by atoms with van der Waals surface area (Å²) in [6.45, 7) is 6.48. The number of nitro groups is 1. The van der Waals surface area contributed by atoms with E-state index < -0.39 is 0 Å². The van der Waals surface area contributed by atoms with Gasteiger partial charge in [-0.2, -0.15) is 0 Å². The number of fused-ring (bicyclic) bond motifs is 1. The zero-order chi connectivity index (χ0) is 14.5. The summed E-state index contributed by atoms with van der Waals surface area (Å²) in [5.74, 6) is 0. The van der Waals surface area contributed by atoms with Crippen LogP contribution in [0.4, 0.5) is 11.4 Å². The van der Waals surface area contributed by atoms with Crippen LogP contribution in [0, 0.1) is 17.0 Å². The van der Waals surface area contributed by atoms with Crippen molar-refractivity contribution in [2.75, 3.05) is 25.0 Å². The number of hydrogen-bond donors (Lipinski definition) is 2. The molecule has 7 heteroatoms. The Bertz CT molecular complexity index is 612. The van der Waals surface area contributed by atoms with Crippen molar-refractivity contribution in [2.45, 2.75) is 20.3 Å². The minimum atomic E-state index is -0.346. The van der Waals surface area contributed by atoms with Crippen molar-refractivity contribution in [2.24, 2.45) is 0 Å². The van der Waals surface area contributed by atoms with Crippen molar-refractivity contribution in [1.82, 2.24) is 10.3 Å². The molecule has 0 aliphatic carbocycles. The number of nitro benzene ring substituents is 1. The van der Waals surface area contributed by atoms with E-state index in [1.807, 2.05) is 6.92 Å². The van der Waals surface area contributed by atoms with Gasteiger partial charge >= 0.3 is 0 Å². The van der Waals surface area contributed by atoms with Gasteiger partial charge in [-0.3, -0.25) is 10.1 Å². The summed E-state index contributed by atoms with van der Waals surface area (Å²) in [4.78, 5) is 15.2. The quantitative estimate of drug-likeness (QED) is 0.466. The van der Waals surface area contributed by atoms with Crippen molar-refractivity contribution in [3.63, 3.8) is 0 Å². The molecule has 1 aromatic carbocycles. The molecular weight excluding hydrogens is 276 g/mol. The van der Waals surface area contributed by atoms with Gasteiger partial charge in [-0.05, 0) is 32.5 Å². The molecule has 20 heavy (non-hydrogen) atoms. The number of anilines is 1. The molecule has 0 saturated heterocycles. The van der Waals surface area contributed by atoms with Gasteiger partial charge in [0, 0.05) is 12.6 Å². The summed E-state index contributed by atoms with van der Waals surface area (Å²) in [5, 5.41) is 18.4. The number of aromatic nitrogens is 1. The van der Waals surface area contributed by atoms with Gasteiger partial charge in [0.2, 0.25) is 0 Å². The zero-order valence-corrected chi connectivity index (χ0v) is 12.4. The summed E-state index contributed by atoms with van der Waals surface area (Å²) in [5.41, 5.74) is 1.47. The minimum absolute atomic E-state index is 0.115. The fourth-order valence-electron chi connectivity index (χ4n) is 1.98. The summed E-state index contributed by atoms with van der Waals surface area (Å²) in [6.07, 6.45) is 0.916. The average Bonchev–Trinajstić information content (AvgIpc) is 2.76. The molecule has 6 nitrogen and oxygen atoms in total. The van der Waals surface area contributed by atoms with E-state index >= 15 is 0 Å². The first-order valence-corrected chi connectivity index (χ1v) is 7.43. The second-order valence-corrected chi connectivity index (χ2v) is 5.70. The molecular formula is C13H18N4O2S. The Hall–Kier alpha value is -1.73. The van der Waals surface area contributed by atoms with E-state index in [4.69, 9.17) is 0 Å². The normalized spacial score (nSPS) is 10.9. The Morgan fingerprint density at radius 1 is 1.40 bits per heavy atom. The van der Waals surface area contributed by atoms with Crippen LogP contribution in [0.5, 0.6) is 0 Å². The molecule has 0 unspecified atom stereocenters. The van der Waals surface area contributed by atoms with E-state index in [0.29, 0.717) is 12.2 Å². The largest absolute Gasteiger partial charge is 0.379 e. The molecule has 2 rings (SSSR count). The maximum absolute atomic E-state index is 11.1. The first-order valence-electron chi connectivity index (χ1n) is 6.62. The van der Waals surface area contributed by atoms with Crippen LogP contribution in [-0.2, 0) is 0 Å². The van der Waals surface area contributed by atoms with E-state index in [2.05, 4.69) is 22.5 Å². The number of thiazole rings is 1. The minimum Gasteiger partial charge on any atom is -0.379 e. The van der Waals surface area contributed by atoms with E-state index in [-0.39, 0.29) is 10.6 Å². The van der Waals surface area contributed by atoms with Gasteiger partial charge < -0.3 is 10.6 Å². The molecule has 0 spiro atoms. The molecule has 0 fully saturated rings. The van der Waals surface area contributed by atoms with Crippen LogP contribution >= 0.6 is 11.3 Å². The number of nitrogens with zero attached hydrogens (tertiary/aromatic N) is 2. The number of nitrogens with one attached hydrogen (secondary N) is 2. The molecule has 2 N–H and O–H groups in total. The van der Waals surface area contributed by atoms with Crippen LogP contribution < -0.4 is 10.6 Å². The van der Waals surface area contributed by atoms with Gasteiger partial charge in [-0.25, -0.2) is 4.98 Å². The second kappa shape index (κ2) is 6.62. The van der Waals surface area contributed by atoms with Gasteiger partial charge in [0.25, 0.3) is 5.69 Å². The van der Waals surface area contributed by atoms with E-state index in [0.717, 1.165) is 34.7 Å². The van der Waals surface area contributed by atoms with Crippen molar-refractivity contribution >= 4 is 32.9 Å². The van der Waals surface area contributed by atoms with Gasteiger partial charge in [-0.15, -0.1) is 11.3 Å². The van der Waals surface area contributed by atoms with Crippen molar-refractivity contribution in [3.05, 3.63) is 27.3 Å². The molecule has 0 radical (unpaired) electrons. The third-order valence-corrected chi connectivity index (χ3v) is 3.84. The van der Waals surface area contributed by atoms with Crippen molar-refractivity contribution < 1.29 is 4.92 Å². The fraction of sp³-hybridized carbons (Fsp3) is 0.462. The van der Waals surface area contributed by atoms with Gasteiger partial charge in [-0.1, -0.05) is 6.92 Å².